The molecular formula is C15H18N2O2S2. The van der Waals surface area contributed by atoms with Crippen molar-refractivity contribution in [3.8, 4) is 0 Å². The molecule has 1 aromatic carbocycles. The maximum Gasteiger partial charge on any atom is 0.247 e. The van der Waals surface area contributed by atoms with E-state index in [9.17, 15) is 4.79 Å². The van der Waals surface area contributed by atoms with E-state index in [0.29, 0.717) is 4.32 Å². The summed E-state index contributed by atoms with van der Waals surface area (Å²) in [7, 11) is 0. The summed E-state index contributed by atoms with van der Waals surface area (Å²) < 4.78 is 6.00. The van der Waals surface area contributed by atoms with Crippen molar-refractivity contribution in [3.05, 3.63) is 29.8 Å². The zero-order valence-electron chi connectivity index (χ0n) is 11.9. The maximum absolute atomic E-state index is 12.6. The molecule has 21 heavy (non-hydrogen) atoms. The number of amides is 1. The van der Waals surface area contributed by atoms with Gasteiger partial charge in [-0.05, 0) is 19.1 Å². The SMILES string of the molecule is Cc1ccc(N2C(=O)C(CN3CCOCC3)SC2=S)cc1. The third-order valence-corrected chi connectivity index (χ3v) is 5.23. The minimum atomic E-state index is -0.100. The van der Waals surface area contributed by atoms with E-state index in [1.54, 1.807) is 4.90 Å². The number of morpholine rings is 1. The molecule has 0 spiro atoms. The van der Waals surface area contributed by atoms with Crippen LogP contribution in [0, 0.1) is 6.92 Å². The second kappa shape index (κ2) is 6.44. The molecule has 1 atom stereocenters. The molecule has 0 aliphatic carbocycles. The van der Waals surface area contributed by atoms with Crippen molar-refractivity contribution in [2.24, 2.45) is 0 Å². The standard InChI is InChI=1S/C15H18N2O2S2/c1-11-2-4-12(5-3-11)17-14(18)13(21-15(17)20)10-16-6-8-19-9-7-16/h2-5,13H,6-10H2,1H3. The molecule has 1 unspecified atom stereocenters. The second-order valence-corrected chi connectivity index (χ2v) is 7.13. The van der Waals surface area contributed by atoms with E-state index in [1.807, 2.05) is 31.2 Å². The summed E-state index contributed by atoms with van der Waals surface area (Å²) in [6.45, 7) is 6.05. The Morgan fingerprint density at radius 1 is 1.29 bits per heavy atom. The molecule has 0 bridgehead atoms. The van der Waals surface area contributed by atoms with Gasteiger partial charge in [-0.1, -0.05) is 41.7 Å². The summed E-state index contributed by atoms with van der Waals surface area (Å²) in [6, 6.07) is 7.92. The van der Waals surface area contributed by atoms with Crippen molar-refractivity contribution >= 4 is 39.9 Å². The fourth-order valence-corrected chi connectivity index (χ4v) is 4.10. The van der Waals surface area contributed by atoms with Crippen LogP contribution in [0.4, 0.5) is 5.69 Å². The number of aryl methyl sites for hydroxylation is 1. The van der Waals surface area contributed by atoms with Gasteiger partial charge in [0.05, 0.1) is 18.9 Å². The summed E-state index contributed by atoms with van der Waals surface area (Å²) in [5, 5.41) is -0.100. The van der Waals surface area contributed by atoms with Crippen molar-refractivity contribution in [1.82, 2.24) is 4.90 Å². The van der Waals surface area contributed by atoms with Gasteiger partial charge in [0.25, 0.3) is 0 Å². The number of hydrogen-bond acceptors (Lipinski definition) is 5. The molecule has 2 heterocycles. The fourth-order valence-electron chi connectivity index (χ4n) is 2.52. The highest BCUT2D eigenvalue weighted by molar-refractivity contribution is 8.25. The first-order chi connectivity index (χ1) is 10.1. The van der Waals surface area contributed by atoms with Gasteiger partial charge < -0.3 is 4.74 Å². The third kappa shape index (κ3) is 3.29. The Balaban J connectivity index is 1.71. The average molecular weight is 322 g/mol. The molecule has 6 heteroatoms. The number of thiocarbonyl (C=S) groups is 1. The lowest BCUT2D eigenvalue weighted by Crippen LogP contribution is -2.43. The summed E-state index contributed by atoms with van der Waals surface area (Å²) in [5.74, 6) is 0.0975. The van der Waals surface area contributed by atoms with E-state index in [2.05, 4.69) is 4.90 Å². The molecule has 1 aromatic rings. The number of ether oxygens (including phenoxy) is 1. The monoisotopic (exact) mass is 322 g/mol. The molecule has 0 radical (unpaired) electrons. The predicted octanol–water partition coefficient (Wildman–Crippen LogP) is 2.06. The Hall–Kier alpha value is -0.950. The van der Waals surface area contributed by atoms with Gasteiger partial charge in [-0.3, -0.25) is 14.6 Å². The van der Waals surface area contributed by atoms with E-state index >= 15 is 0 Å². The number of thioether (sulfide) groups is 1. The molecule has 2 aliphatic rings. The van der Waals surface area contributed by atoms with Gasteiger partial charge in [0, 0.05) is 19.6 Å². The van der Waals surface area contributed by atoms with Gasteiger partial charge in [-0.25, -0.2) is 0 Å². The highest BCUT2D eigenvalue weighted by atomic mass is 32.2. The number of carbonyl (C=O) groups is 1. The highest BCUT2D eigenvalue weighted by Gasteiger charge is 2.38. The van der Waals surface area contributed by atoms with Crippen molar-refractivity contribution in [2.75, 3.05) is 37.7 Å². The maximum atomic E-state index is 12.6. The minimum Gasteiger partial charge on any atom is -0.379 e. The summed E-state index contributed by atoms with van der Waals surface area (Å²) in [5.41, 5.74) is 2.04. The molecular weight excluding hydrogens is 304 g/mol. The van der Waals surface area contributed by atoms with Crippen LogP contribution < -0.4 is 4.90 Å². The molecule has 112 valence electrons. The van der Waals surface area contributed by atoms with Crippen LogP contribution in [0.15, 0.2) is 24.3 Å². The Kier molecular flexibility index (Phi) is 4.59. The molecule has 0 aromatic heterocycles. The predicted molar refractivity (Wildman–Crippen MR) is 89.9 cm³/mol. The first kappa shape index (κ1) is 15.0. The van der Waals surface area contributed by atoms with Gasteiger partial charge in [0.1, 0.15) is 9.57 Å². The van der Waals surface area contributed by atoms with Gasteiger partial charge in [-0.2, -0.15) is 0 Å². The number of anilines is 1. The molecule has 2 saturated heterocycles. The Morgan fingerprint density at radius 2 is 1.95 bits per heavy atom. The second-order valence-electron chi connectivity index (χ2n) is 5.29. The van der Waals surface area contributed by atoms with E-state index in [1.165, 1.54) is 17.3 Å². The topological polar surface area (TPSA) is 32.8 Å². The van der Waals surface area contributed by atoms with Gasteiger partial charge in [0.2, 0.25) is 5.91 Å². The van der Waals surface area contributed by atoms with Crippen LogP contribution >= 0.6 is 24.0 Å². The van der Waals surface area contributed by atoms with E-state index < -0.39 is 0 Å². The number of benzene rings is 1. The zero-order chi connectivity index (χ0) is 14.8. The molecule has 0 N–H and O–H groups in total. The Labute approximate surface area is 134 Å². The molecule has 0 saturated carbocycles. The highest BCUT2D eigenvalue weighted by Crippen LogP contribution is 2.32. The van der Waals surface area contributed by atoms with Crippen LogP contribution in [0.2, 0.25) is 0 Å². The molecule has 2 aliphatic heterocycles. The van der Waals surface area contributed by atoms with Crippen LogP contribution in [-0.4, -0.2) is 53.2 Å². The minimum absolute atomic E-state index is 0.0975. The van der Waals surface area contributed by atoms with Crippen molar-refractivity contribution in [3.63, 3.8) is 0 Å². The van der Waals surface area contributed by atoms with Crippen LogP contribution in [0.25, 0.3) is 0 Å². The zero-order valence-corrected chi connectivity index (χ0v) is 13.6. The van der Waals surface area contributed by atoms with E-state index in [0.717, 1.165) is 38.5 Å². The largest absolute Gasteiger partial charge is 0.379 e. The van der Waals surface area contributed by atoms with E-state index in [4.69, 9.17) is 17.0 Å². The Bertz CT molecular complexity index is 541. The number of rotatable bonds is 3. The van der Waals surface area contributed by atoms with Crippen molar-refractivity contribution in [2.45, 2.75) is 12.2 Å². The Morgan fingerprint density at radius 3 is 2.62 bits per heavy atom. The smallest absolute Gasteiger partial charge is 0.247 e. The first-order valence-corrected chi connectivity index (χ1v) is 8.35. The lowest BCUT2D eigenvalue weighted by Gasteiger charge is -2.27. The van der Waals surface area contributed by atoms with Crippen LogP contribution in [0.1, 0.15) is 5.56 Å². The van der Waals surface area contributed by atoms with Gasteiger partial charge in [-0.15, -0.1) is 0 Å². The molecule has 3 rings (SSSR count). The summed E-state index contributed by atoms with van der Waals surface area (Å²) >= 11 is 6.90. The molecule has 1 amide bonds. The quantitative estimate of drug-likeness (QED) is 0.796. The number of carbonyl (C=O) groups excluding carboxylic acids is 1. The van der Waals surface area contributed by atoms with Gasteiger partial charge in [0.15, 0.2) is 0 Å². The number of hydrogen-bond donors (Lipinski definition) is 0. The normalized spacial score (nSPS) is 23.9. The average Bonchev–Trinajstić information content (AvgIpc) is 2.76. The van der Waals surface area contributed by atoms with Crippen LogP contribution in [0.3, 0.4) is 0 Å². The van der Waals surface area contributed by atoms with E-state index in [-0.39, 0.29) is 11.2 Å². The summed E-state index contributed by atoms with van der Waals surface area (Å²) in [6.07, 6.45) is 0. The van der Waals surface area contributed by atoms with Crippen LogP contribution in [0.5, 0.6) is 0 Å². The lowest BCUT2D eigenvalue weighted by atomic mass is 10.2. The molecule has 4 nitrogen and oxygen atoms in total. The molecule has 2 fully saturated rings. The van der Waals surface area contributed by atoms with Crippen molar-refractivity contribution in [1.29, 1.82) is 0 Å². The fraction of sp³-hybridized carbons (Fsp3) is 0.467. The van der Waals surface area contributed by atoms with Crippen LogP contribution in [-0.2, 0) is 9.53 Å². The summed E-state index contributed by atoms with van der Waals surface area (Å²) in [4.78, 5) is 16.6. The number of nitrogens with zero attached hydrogens (tertiary/aromatic N) is 2. The van der Waals surface area contributed by atoms with Gasteiger partial charge >= 0.3 is 0 Å². The lowest BCUT2D eigenvalue weighted by molar-refractivity contribution is -0.117. The van der Waals surface area contributed by atoms with Crippen molar-refractivity contribution < 1.29 is 9.53 Å². The first-order valence-electron chi connectivity index (χ1n) is 7.06. The third-order valence-electron chi connectivity index (χ3n) is 3.74.